The van der Waals surface area contributed by atoms with Gasteiger partial charge in [-0.15, -0.1) is 0 Å². The molecule has 0 fully saturated rings. The number of alkyl halides is 2. The molecule has 2 heterocycles. The van der Waals surface area contributed by atoms with Gasteiger partial charge in [0.15, 0.2) is 11.1 Å². The summed E-state index contributed by atoms with van der Waals surface area (Å²) in [5.74, 6) is 0. The maximum atomic E-state index is 13.5. The molecule has 0 aliphatic heterocycles. The first-order chi connectivity index (χ1) is 15.3. The third-order valence-corrected chi connectivity index (χ3v) is 4.78. The van der Waals surface area contributed by atoms with Crippen molar-refractivity contribution in [1.29, 1.82) is 5.26 Å². The van der Waals surface area contributed by atoms with Crippen molar-refractivity contribution in [2.75, 3.05) is 18.5 Å². The number of nitriles is 1. The Bertz CT molecular complexity index is 1330. The molecule has 0 spiro atoms. The summed E-state index contributed by atoms with van der Waals surface area (Å²) < 4.78 is 28.0. The van der Waals surface area contributed by atoms with E-state index in [1.165, 1.54) is 6.20 Å². The first-order valence-corrected chi connectivity index (χ1v) is 9.78. The summed E-state index contributed by atoms with van der Waals surface area (Å²) in [5, 5.41) is 36.1. The number of hydrogen-bond donors (Lipinski definition) is 3. The van der Waals surface area contributed by atoms with Crippen LogP contribution in [0.5, 0.6) is 0 Å². The first kappa shape index (κ1) is 23.3. The molecule has 0 radical (unpaired) electrons. The zero-order valence-corrected chi connectivity index (χ0v) is 17.7. The number of halogens is 3. The van der Waals surface area contributed by atoms with E-state index in [1.807, 2.05) is 0 Å². The van der Waals surface area contributed by atoms with Crippen LogP contribution in [-0.2, 0) is 0 Å². The highest BCUT2D eigenvalue weighted by Gasteiger charge is 2.23. The van der Waals surface area contributed by atoms with E-state index >= 15 is 0 Å². The van der Waals surface area contributed by atoms with E-state index in [-0.39, 0.29) is 23.2 Å². The summed E-state index contributed by atoms with van der Waals surface area (Å²) in [4.78, 5) is 8.62. The molecule has 32 heavy (non-hydrogen) atoms. The molecule has 2 aromatic heterocycles. The molecule has 0 saturated heterocycles. The van der Waals surface area contributed by atoms with Gasteiger partial charge in [-0.05, 0) is 36.9 Å². The number of aliphatic hydroxyl groups excluding tert-OH is 2. The Morgan fingerprint density at radius 1 is 1.44 bits per heavy atom. The van der Waals surface area contributed by atoms with Gasteiger partial charge in [-0.2, -0.15) is 14.9 Å². The van der Waals surface area contributed by atoms with Crippen LogP contribution in [0.3, 0.4) is 0 Å². The monoisotopic (exact) mass is 460 g/mol. The number of aliphatic hydroxyl groups is 2. The summed E-state index contributed by atoms with van der Waals surface area (Å²) >= 11 is 6.08. The number of aryl methyl sites for hydroxylation is 1. The fraction of sp³-hybridized carbons (Fsp3) is 0.238. The van der Waals surface area contributed by atoms with Crippen molar-refractivity contribution in [1.82, 2.24) is 14.6 Å². The summed E-state index contributed by atoms with van der Waals surface area (Å²) in [6.07, 6.45) is -0.985. The topological polar surface area (TPSA) is 119 Å². The third kappa shape index (κ3) is 4.60. The maximum absolute atomic E-state index is 13.5. The number of hydrogen-bond acceptors (Lipinski definition) is 7. The van der Waals surface area contributed by atoms with Gasteiger partial charge in [-0.25, -0.2) is 13.8 Å². The van der Waals surface area contributed by atoms with Crippen molar-refractivity contribution in [3.63, 3.8) is 0 Å². The highest BCUT2D eigenvalue weighted by Crippen LogP contribution is 2.23. The average molecular weight is 461 g/mol. The van der Waals surface area contributed by atoms with E-state index in [4.69, 9.17) is 16.7 Å². The molecule has 166 valence electrons. The Hall–Kier alpha value is -3.39. The number of rotatable bonds is 7. The molecule has 0 aliphatic carbocycles. The van der Waals surface area contributed by atoms with Crippen molar-refractivity contribution in [2.45, 2.75) is 19.5 Å². The fourth-order valence-electron chi connectivity index (χ4n) is 3.05. The second-order valence-corrected chi connectivity index (χ2v) is 7.18. The molecule has 1 atom stereocenters. The van der Waals surface area contributed by atoms with Crippen molar-refractivity contribution < 1.29 is 19.0 Å². The lowest BCUT2D eigenvalue weighted by molar-refractivity contribution is 0.101. The Morgan fingerprint density at radius 3 is 2.81 bits per heavy atom. The van der Waals surface area contributed by atoms with Crippen molar-refractivity contribution >= 4 is 29.0 Å². The smallest absolute Gasteiger partial charge is 0.283 e. The van der Waals surface area contributed by atoms with Crippen LogP contribution in [0.25, 0.3) is 11.7 Å². The van der Waals surface area contributed by atoms with Gasteiger partial charge in [-0.3, -0.25) is 4.99 Å². The Balaban J connectivity index is 2.43. The molecule has 11 heteroatoms. The Labute approximate surface area is 186 Å². The van der Waals surface area contributed by atoms with Crippen LogP contribution in [0.4, 0.5) is 14.5 Å². The maximum Gasteiger partial charge on any atom is 0.283 e. The van der Waals surface area contributed by atoms with Crippen molar-refractivity contribution in [3.8, 4) is 6.07 Å². The minimum absolute atomic E-state index is 0.0739. The molecule has 3 aromatic rings. The molecule has 0 aliphatic rings. The molecule has 0 bridgehead atoms. The number of anilines is 1. The number of fused-ring (bicyclic) bond motifs is 1. The minimum Gasteiger partial charge on any atom is -0.394 e. The van der Waals surface area contributed by atoms with E-state index in [0.29, 0.717) is 27.2 Å². The molecule has 0 saturated carbocycles. The van der Waals surface area contributed by atoms with Crippen LogP contribution in [0.15, 0.2) is 36.0 Å². The number of benzene rings is 1. The van der Waals surface area contributed by atoms with Crippen LogP contribution < -0.4 is 16.0 Å². The highest BCUT2D eigenvalue weighted by molar-refractivity contribution is 6.30. The van der Waals surface area contributed by atoms with Crippen molar-refractivity contribution in [3.05, 3.63) is 69.2 Å². The largest absolute Gasteiger partial charge is 0.394 e. The predicted molar refractivity (Wildman–Crippen MR) is 115 cm³/mol. The summed E-state index contributed by atoms with van der Waals surface area (Å²) in [6, 6.07) is 6.82. The van der Waals surface area contributed by atoms with Crippen LogP contribution >= 0.6 is 11.6 Å². The molecule has 0 unspecified atom stereocenters. The molecule has 3 N–H and O–H groups in total. The third-order valence-electron chi connectivity index (χ3n) is 4.55. The van der Waals surface area contributed by atoms with Gasteiger partial charge in [0.1, 0.15) is 17.3 Å². The minimum atomic E-state index is -2.99. The van der Waals surface area contributed by atoms with Crippen molar-refractivity contribution in [2.24, 2.45) is 4.99 Å². The van der Waals surface area contributed by atoms with Gasteiger partial charge in [-0.1, -0.05) is 24.2 Å². The predicted octanol–water partition coefficient (Wildman–Crippen LogP) is 1.86. The second-order valence-electron chi connectivity index (χ2n) is 6.74. The molecule has 8 nitrogen and oxygen atoms in total. The quantitative estimate of drug-likeness (QED) is 0.495. The normalized spacial score (nSPS) is 13.6. The van der Waals surface area contributed by atoms with Gasteiger partial charge in [0, 0.05) is 15.9 Å². The van der Waals surface area contributed by atoms with E-state index in [0.717, 1.165) is 4.52 Å². The standard InChI is InChI=1S/C21H19ClF2N6O2/c1-3-26-17-7-13(22)5-4-12(17)6-15-11(2)28-21-16(8-25)18(19(23)24)29-30(21)20(15)27-9-14(32)10-31/h3-7,14,19,26,31-32H,1,9-10H2,2H3/b15-6+,27-20?/t14-/m1/s1. The zero-order valence-electron chi connectivity index (χ0n) is 16.9. The van der Waals surface area contributed by atoms with Crippen LogP contribution in [0.1, 0.15) is 28.9 Å². The SMILES string of the molecule is C=CNc1cc(Cl)ccc1/C=c1\c(C)nc2c(C#N)c(C(F)F)nn2c1=NC[C@@H](O)CO. The van der Waals surface area contributed by atoms with Gasteiger partial charge in [0.2, 0.25) is 0 Å². The molecule has 3 rings (SSSR count). The number of aromatic nitrogens is 3. The lowest BCUT2D eigenvalue weighted by atomic mass is 10.1. The van der Waals surface area contributed by atoms with Gasteiger partial charge >= 0.3 is 0 Å². The Morgan fingerprint density at radius 2 is 2.19 bits per heavy atom. The molecular formula is C21H19ClF2N6O2. The number of nitrogens with one attached hydrogen (secondary N) is 1. The second kappa shape index (κ2) is 9.82. The summed E-state index contributed by atoms with van der Waals surface area (Å²) in [6.45, 7) is 4.52. The van der Waals surface area contributed by atoms with Gasteiger partial charge in [0.05, 0.1) is 24.9 Å². The Kier molecular flexibility index (Phi) is 7.15. The fourth-order valence-corrected chi connectivity index (χ4v) is 3.22. The van der Waals surface area contributed by atoms with E-state index in [9.17, 15) is 19.1 Å². The van der Waals surface area contributed by atoms with Crippen LogP contribution in [-0.4, -0.2) is 44.1 Å². The number of nitrogens with zero attached hydrogens (tertiary/aromatic N) is 5. The lowest BCUT2D eigenvalue weighted by Gasteiger charge is -2.08. The summed E-state index contributed by atoms with van der Waals surface area (Å²) in [5.41, 5.74) is 0.648. The molecular weight excluding hydrogens is 442 g/mol. The first-order valence-electron chi connectivity index (χ1n) is 9.40. The molecule has 0 amide bonds. The molecule has 1 aromatic carbocycles. The zero-order chi connectivity index (χ0) is 23.4. The lowest BCUT2D eigenvalue weighted by Crippen LogP contribution is -2.37. The highest BCUT2D eigenvalue weighted by atomic mass is 35.5. The van der Waals surface area contributed by atoms with E-state index in [2.05, 4.69) is 27.0 Å². The van der Waals surface area contributed by atoms with E-state index in [1.54, 1.807) is 37.3 Å². The van der Waals surface area contributed by atoms with E-state index < -0.39 is 24.8 Å². The van der Waals surface area contributed by atoms with Gasteiger partial charge < -0.3 is 15.5 Å². The average Bonchev–Trinajstić information content (AvgIpc) is 3.13. The van der Waals surface area contributed by atoms with Crippen LogP contribution in [0, 0.1) is 18.3 Å². The summed E-state index contributed by atoms with van der Waals surface area (Å²) in [7, 11) is 0. The van der Waals surface area contributed by atoms with Gasteiger partial charge in [0.25, 0.3) is 6.43 Å². The van der Waals surface area contributed by atoms with Crippen LogP contribution in [0.2, 0.25) is 5.02 Å².